The first-order valence-corrected chi connectivity index (χ1v) is 8.55. The van der Waals surface area contributed by atoms with Crippen LogP contribution in [0.1, 0.15) is 36.0 Å². The zero-order valence-corrected chi connectivity index (χ0v) is 15.0. The van der Waals surface area contributed by atoms with Gasteiger partial charge in [-0.2, -0.15) is 0 Å². The Morgan fingerprint density at radius 2 is 2.00 bits per heavy atom. The van der Waals surface area contributed by atoms with Crippen molar-refractivity contribution in [2.24, 2.45) is 0 Å². The third kappa shape index (κ3) is 3.07. The molecular weight excluding hydrogens is 358 g/mol. The summed E-state index contributed by atoms with van der Waals surface area (Å²) in [6.45, 7) is 7.47. The molecule has 0 saturated carbocycles. The summed E-state index contributed by atoms with van der Waals surface area (Å²) >= 11 is 6.52. The fourth-order valence-corrected chi connectivity index (χ4v) is 4.70. The fraction of sp³-hybridized carbons (Fsp3) is 0.357. The monoisotopic (exact) mass is 373 g/mol. The lowest BCUT2D eigenvalue weighted by molar-refractivity contribution is 0.00763. The lowest BCUT2D eigenvalue weighted by Gasteiger charge is -2.19. The minimum absolute atomic E-state index is 0.359. The van der Waals surface area contributed by atoms with E-state index in [-0.39, 0.29) is 5.97 Å². The number of carbonyl (C=O) groups excluding carboxylic acids is 1. The van der Waals surface area contributed by atoms with Crippen molar-refractivity contribution in [3.8, 4) is 9.75 Å². The van der Waals surface area contributed by atoms with E-state index in [0.717, 1.165) is 19.8 Å². The number of anilines is 1. The second-order valence-corrected chi connectivity index (χ2v) is 8.19. The highest BCUT2D eigenvalue weighted by molar-refractivity contribution is 9.10. The molecule has 2 aromatic rings. The van der Waals surface area contributed by atoms with E-state index >= 15 is 0 Å². The van der Waals surface area contributed by atoms with Gasteiger partial charge in [0.15, 0.2) is 0 Å². The van der Waals surface area contributed by atoms with Crippen molar-refractivity contribution >= 4 is 50.3 Å². The zero-order chi connectivity index (χ0) is 15.1. The van der Waals surface area contributed by atoms with E-state index in [4.69, 9.17) is 10.5 Å². The Balaban J connectivity index is 2.43. The fourth-order valence-electron chi connectivity index (χ4n) is 1.67. The van der Waals surface area contributed by atoms with Gasteiger partial charge < -0.3 is 10.5 Å². The molecule has 20 heavy (non-hydrogen) atoms. The number of esters is 1. The number of carbonyl (C=O) groups is 1. The van der Waals surface area contributed by atoms with E-state index in [1.54, 1.807) is 11.3 Å². The highest BCUT2D eigenvalue weighted by Gasteiger charge is 2.25. The maximum atomic E-state index is 12.2. The van der Waals surface area contributed by atoms with Gasteiger partial charge in [0.05, 0.1) is 15.4 Å². The Kier molecular flexibility index (Phi) is 4.27. The molecule has 0 aliphatic rings. The van der Waals surface area contributed by atoms with E-state index in [0.29, 0.717) is 10.6 Å². The number of rotatable bonds is 2. The maximum Gasteiger partial charge on any atom is 0.351 e. The summed E-state index contributed by atoms with van der Waals surface area (Å²) in [4.78, 5) is 14.8. The van der Waals surface area contributed by atoms with Crippen LogP contribution in [0.15, 0.2) is 15.9 Å². The molecule has 0 saturated heterocycles. The Morgan fingerprint density at radius 3 is 2.50 bits per heavy atom. The van der Waals surface area contributed by atoms with Gasteiger partial charge in [-0.3, -0.25) is 0 Å². The number of nitrogens with two attached hydrogens (primary N) is 1. The van der Waals surface area contributed by atoms with E-state index < -0.39 is 5.60 Å². The quantitative estimate of drug-likeness (QED) is 0.746. The standard InChI is InChI=1S/C14H16BrNO2S2/c1-7-9(16)12(13(17)18-14(2,3)4)20-10(7)11-8(15)5-6-19-11/h5-6H,16H2,1-4H3. The maximum absolute atomic E-state index is 12.2. The average molecular weight is 374 g/mol. The van der Waals surface area contributed by atoms with E-state index in [1.807, 2.05) is 39.1 Å². The number of nitrogen functional groups attached to an aromatic ring is 1. The van der Waals surface area contributed by atoms with Crippen molar-refractivity contribution in [2.75, 3.05) is 5.73 Å². The summed E-state index contributed by atoms with van der Waals surface area (Å²) in [5.41, 5.74) is 7.00. The van der Waals surface area contributed by atoms with E-state index in [1.165, 1.54) is 11.3 Å². The van der Waals surface area contributed by atoms with Gasteiger partial charge in [0.25, 0.3) is 0 Å². The van der Waals surface area contributed by atoms with Crippen LogP contribution in [0.3, 0.4) is 0 Å². The van der Waals surface area contributed by atoms with Crippen molar-refractivity contribution in [3.63, 3.8) is 0 Å². The van der Waals surface area contributed by atoms with Crippen LogP contribution in [0.4, 0.5) is 5.69 Å². The van der Waals surface area contributed by atoms with Crippen LogP contribution in [0.2, 0.25) is 0 Å². The molecule has 6 heteroatoms. The zero-order valence-electron chi connectivity index (χ0n) is 11.7. The molecule has 0 aromatic carbocycles. The second kappa shape index (κ2) is 5.50. The van der Waals surface area contributed by atoms with Gasteiger partial charge >= 0.3 is 5.97 Å². The Morgan fingerprint density at radius 1 is 1.35 bits per heavy atom. The molecule has 3 nitrogen and oxygen atoms in total. The Hall–Kier alpha value is -0.850. The summed E-state index contributed by atoms with van der Waals surface area (Å²) in [5.74, 6) is -0.359. The molecular formula is C14H16BrNO2S2. The highest BCUT2D eigenvalue weighted by atomic mass is 79.9. The smallest absolute Gasteiger partial charge is 0.351 e. The molecule has 2 N–H and O–H groups in total. The molecule has 0 amide bonds. The number of halogens is 1. The van der Waals surface area contributed by atoms with Gasteiger partial charge in [0.1, 0.15) is 10.5 Å². The van der Waals surface area contributed by atoms with Crippen molar-refractivity contribution in [1.82, 2.24) is 0 Å². The molecule has 2 heterocycles. The number of hydrogen-bond donors (Lipinski definition) is 1. The number of hydrogen-bond acceptors (Lipinski definition) is 5. The molecule has 0 aliphatic carbocycles. The molecule has 0 atom stereocenters. The average Bonchev–Trinajstić information content (AvgIpc) is 2.83. The normalized spacial score (nSPS) is 11.7. The van der Waals surface area contributed by atoms with Gasteiger partial charge in [0, 0.05) is 4.47 Å². The summed E-state index contributed by atoms with van der Waals surface area (Å²) in [6.07, 6.45) is 0. The van der Waals surface area contributed by atoms with E-state index in [2.05, 4.69) is 15.9 Å². The van der Waals surface area contributed by atoms with Gasteiger partial charge in [0.2, 0.25) is 0 Å². The molecule has 0 spiro atoms. The Bertz CT molecular complexity index is 653. The van der Waals surface area contributed by atoms with Crippen LogP contribution >= 0.6 is 38.6 Å². The number of thiophene rings is 2. The minimum Gasteiger partial charge on any atom is -0.456 e. The van der Waals surface area contributed by atoms with Crippen molar-refractivity contribution in [3.05, 3.63) is 26.4 Å². The summed E-state index contributed by atoms with van der Waals surface area (Å²) < 4.78 is 6.42. The van der Waals surface area contributed by atoms with Gasteiger partial charge in [-0.05, 0) is 60.6 Å². The Labute approximate surface area is 134 Å². The minimum atomic E-state index is -0.523. The van der Waals surface area contributed by atoms with Crippen molar-refractivity contribution < 1.29 is 9.53 Å². The molecule has 2 aromatic heterocycles. The molecule has 0 fully saturated rings. The predicted molar refractivity (Wildman–Crippen MR) is 89.6 cm³/mol. The van der Waals surface area contributed by atoms with Crippen LogP contribution in [-0.4, -0.2) is 11.6 Å². The third-order valence-corrected chi connectivity index (χ3v) is 5.89. The topological polar surface area (TPSA) is 52.3 Å². The van der Waals surface area contributed by atoms with Gasteiger partial charge in [-0.1, -0.05) is 0 Å². The van der Waals surface area contributed by atoms with Crippen molar-refractivity contribution in [1.29, 1.82) is 0 Å². The highest BCUT2D eigenvalue weighted by Crippen LogP contribution is 2.44. The van der Waals surface area contributed by atoms with Crippen LogP contribution in [0.5, 0.6) is 0 Å². The lowest BCUT2D eigenvalue weighted by atomic mass is 10.2. The second-order valence-electron chi connectivity index (χ2n) is 5.40. The van der Waals surface area contributed by atoms with Crippen LogP contribution in [0, 0.1) is 6.92 Å². The first-order valence-electron chi connectivity index (χ1n) is 6.06. The van der Waals surface area contributed by atoms with Crippen molar-refractivity contribution in [2.45, 2.75) is 33.3 Å². The first-order chi connectivity index (χ1) is 9.20. The summed E-state index contributed by atoms with van der Waals surface area (Å²) in [6, 6.07) is 1.99. The summed E-state index contributed by atoms with van der Waals surface area (Å²) in [7, 11) is 0. The molecule has 0 unspecified atom stereocenters. The van der Waals surface area contributed by atoms with E-state index in [9.17, 15) is 4.79 Å². The van der Waals surface area contributed by atoms with Crippen LogP contribution < -0.4 is 5.73 Å². The first kappa shape index (κ1) is 15.5. The molecule has 2 rings (SSSR count). The predicted octanol–water partition coefficient (Wildman–Crippen LogP) is 5.09. The third-order valence-electron chi connectivity index (χ3n) is 2.60. The lowest BCUT2D eigenvalue weighted by Crippen LogP contribution is -2.23. The van der Waals surface area contributed by atoms with Gasteiger partial charge in [-0.25, -0.2) is 4.79 Å². The SMILES string of the molecule is Cc1c(-c2sccc2Br)sc(C(=O)OC(C)(C)C)c1N. The van der Waals surface area contributed by atoms with Gasteiger partial charge in [-0.15, -0.1) is 22.7 Å². The molecule has 0 radical (unpaired) electrons. The molecule has 0 bridgehead atoms. The molecule has 108 valence electrons. The van der Waals surface area contributed by atoms with Crippen LogP contribution in [-0.2, 0) is 4.74 Å². The molecule has 0 aliphatic heterocycles. The summed E-state index contributed by atoms with van der Waals surface area (Å²) in [5, 5.41) is 2.00. The largest absolute Gasteiger partial charge is 0.456 e. The van der Waals surface area contributed by atoms with Crippen LogP contribution in [0.25, 0.3) is 9.75 Å². The number of ether oxygens (including phenoxy) is 1.